The third-order valence-electron chi connectivity index (χ3n) is 3.38. The Labute approximate surface area is 125 Å². The minimum Gasteiger partial charge on any atom is -0.394 e. The van der Waals surface area contributed by atoms with Gasteiger partial charge in [0, 0.05) is 17.7 Å². The molecule has 0 aliphatic carbocycles. The van der Waals surface area contributed by atoms with Gasteiger partial charge < -0.3 is 29.9 Å². The molecular weight excluding hydrogens is 298 g/mol. The minimum atomic E-state index is -1.59. The van der Waals surface area contributed by atoms with E-state index in [9.17, 15) is 25.4 Å². The Hall–Kier alpha value is -1.62. The van der Waals surface area contributed by atoms with E-state index in [4.69, 9.17) is 14.6 Å². The summed E-state index contributed by atoms with van der Waals surface area (Å²) in [5.41, 5.74) is 0.283. The van der Waals surface area contributed by atoms with E-state index >= 15 is 0 Å². The number of benzene rings is 1. The molecule has 9 heteroatoms. The molecule has 22 heavy (non-hydrogen) atoms. The average Bonchev–Trinajstić information content (AvgIpc) is 3.02. The van der Waals surface area contributed by atoms with Crippen LogP contribution in [0.1, 0.15) is 11.9 Å². The highest BCUT2D eigenvalue weighted by atomic mass is 16.7. The van der Waals surface area contributed by atoms with Crippen LogP contribution in [-0.2, 0) is 9.47 Å². The van der Waals surface area contributed by atoms with E-state index in [0.29, 0.717) is 5.56 Å². The van der Waals surface area contributed by atoms with Crippen LogP contribution in [0.2, 0.25) is 0 Å². The van der Waals surface area contributed by atoms with Gasteiger partial charge in [-0.25, -0.2) is 0 Å². The number of hydrogen-bond acceptors (Lipinski definition) is 8. The third kappa shape index (κ3) is 3.58. The lowest BCUT2D eigenvalue weighted by molar-refractivity contribution is -0.385. The number of rotatable bonds is 6. The van der Waals surface area contributed by atoms with Crippen molar-refractivity contribution in [3.8, 4) is 0 Å². The van der Waals surface area contributed by atoms with Crippen molar-refractivity contribution in [2.75, 3.05) is 13.2 Å². The molecule has 9 nitrogen and oxygen atoms in total. The van der Waals surface area contributed by atoms with Crippen LogP contribution in [0.15, 0.2) is 24.3 Å². The summed E-state index contributed by atoms with van der Waals surface area (Å²) in [5.74, 6) is 0. The van der Waals surface area contributed by atoms with Gasteiger partial charge in [-0.05, 0) is 0 Å². The molecule has 2 rings (SSSR count). The van der Waals surface area contributed by atoms with E-state index < -0.39 is 42.2 Å². The van der Waals surface area contributed by atoms with Gasteiger partial charge in [-0.15, -0.1) is 0 Å². The van der Waals surface area contributed by atoms with Gasteiger partial charge in [-0.2, -0.15) is 0 Å². The predicted octanol–water partition coefficient (Wildman–Crippen LogP) is -0.916. The Kier molecular flexibility index (Phi) is 5.40. The number of nitrogens with zero attached hydrogens (tertiary/aromatic N) is 1. The first-order valence-electron chi connectivity index (χ1n) is 6.60. The smallest absolute Gasteiger partial charge is 0.269 e. The molecule has 1 aliphatic heterocycles. The van der Waals surface area contributed by atoms with Gasteiger partial charge in [0.05, 0.1) is 18.1 Å². The summed E-state index contributed by atoms with van der Waals surface area (Å²) in [5, 5.41) is 48.3. The van der Waals surface area contributed by atoms with Crippen LogP contribution in [0.4, 0.5) is 5.69 Å². The maximum Gasteiger partial charge on any atom is 0.269 e. The van der Waals surface area contributed by atoms with Crippen LogP contribution in [0, 0.1) is 10.1 Å². The fourth-order valence-corrected chi connectivity index (χ4v) is 2.11. The SMILES string of the molecule is O=[N+]([O-])c1cccc(C2OC[C@H]([C@H](O)[C@@H](O)[C@@H](O)CO)O2)c1. The average molecular weight is 315 g/mol. The molecule has 5 atom stereocenters. The lowest BCUT2D eigenvalue weighted by Crippen LogP contribution is -2.46. The van der Waals surface area contributed by atoms with Gasteiger partial charge in [0.15, 0.2) is 6.29 Å². The Morgan fingerprint density at radius 1 is 1.36 bits per heavy atom. The number of aliphatic hydroxyl groups is 4. The molecule has 122 valence electrons. The summed E-state index contributed by atoms with van der Waals surface area (Å²) in [7, 11) is 0. The summed E-state index contributed by atoms with van der Waals surface area (Å²) in [6.45, 7) is -0.774. The molecule has 1 saturated heterocycles. The molecular formula is C13H17NO8. The molecule has 0 bridgehead atoms. The van der Waals surface area contributed by atoms with Crippen molar-refractivity contribution in [2.45, 2.75) is 30.7 Å². The number of aliphatic hydroxyl groups excluding tert-OH is 4. The molecule has 1 aromatic carbocycles. The molecule has 1 heterocycles. The van der Waals surface area contributed by atoms with Crippen LogP contribution in [0.5, 0.6) is 0 Å². The highest BCUT2D eigenvalue weighted by molar-refractivity contribution is 5.35. The lowest BCUT2D eigenvalue weighted by Gasteiger charge is -2.25. The first-order chi connectivity index (χ1) is 10.4. The molecule has 1 fully saturated rings. The summed E-state index contributed by atoms with van der Waals surface area (Å²) in [4.78, 5) is 10.2. The second-order valence-corrected chi connectivity index (χ2v) is 4.92. The van der Waals surface area contributed by atoms with Gasteiger partial charge >= 0.3 is 0 Å². The zero-order valence-corrected chi connectivity index (χ0v) is 11.5. The van der Waals surface area contributed by atoms with Crippen molar-refractivity contribution in [1.82, 2.24) is 0 Å². The van der Waals surface area contributed by atoms with Crippen molar-refractivity contribution in [2.24, 2.45) is 0 Å². The van der Waals surface area contributed by atoms with E-state index in [2.05, 4.69) is 0 Å². The lowest BCUT2D eigenvalue weighted by atomic mass is 10.0. The van der Waals surface area contributed by atoms with Crippen molar-refractivity contribution in [3.05, 3.63) is 39.9 Å². The Bertz CT molecular complexity index is 525. The van der Waals surface area contributed by atoms with Crippen molar-refractivity contribution in [3.63, 3.8) is 0 Å². The Morgan fingerprint density at radius 2 is 2.09 bits per heavy atom. The first kappa shape index (κ1) is 16.7. The summed E-state index contributed by atoms with van der Waals surface area (Å²) < 4.78 is 10.7. The summed E-state index contributed by atoms with van der Waals surface area (Å²) in [6.07, 6.45) is -6.41. The molecule has 0 radical (unpaired) electrons. The Morgan fingerprint density at radius 3 is 2.73 bits per heavy atom. The van der Waals surface area contributed by atoms with Crippen molar-refractivity contribution < 1.29 is 34.8 Å². The van der Waals surface area contributed by atoms with Gasteiger partial charge in [0.2, 0.25) is 0 Å². The monoisotopic (exact) mass is 315 g/mol. The normalized spacial score (nSPS) is 25.6. The highest BCUT2D eigenvalue weighted by Crippen LogP contribution is 2.30. The second-order valence-electron chi connectivity index (χ2n) is 4.92. The van der Waals surface area contributed by atoms with Gasteiger partial charge in [0.1, 0.15) is 24.4 Å². The highest BCUT2D eigenvalue weighted by Gasteiger charge is 2.38. The van der Waals surface area contributed by atoms with Crippen LogP contribution >= 0.6 is 0 Å². The van der Waals surface area contributed by atoms with E-state index in [-0.39, 0.29) is 12.3 Å². The molecule has 1 aromatic rings. The van der Waals surface area contributed by atoms with Gasteiger partial charge in [-0.1, -0.05) is 12.1 Å². The zero-order valence-electron chi connectivity index (χ0n) is 11.5. The number of ether oxygens (including phenoxy) is 2. The van der Waals surface area contributed by atoms with E-state index in [0.717, 1.165) is 0 Å². The van der Waals surface area contributed by atoms with Gasteiger partial charge in [0.25, 0.3) is 5.69 Å². The van der Waals surface area contributed by atoms with E-state index in [1.807, 2.05) is 0 Å². The number of non-ortho nitro benzene ring substituents is 1. The molecule has 1 aliphatic rings. The van der Waals surface area contributed by atoms with Crippen LogP contribution in [-0.4, -0.2) is 63.0 Å². The van der Waals surface area contributed by atoms with Crippen LogP contribution in [0.25, 0.3) is 0 Å². The second kappa shape index (κ2) is 7.09. The molecule has 1 unspecified atom stereocenters. The van der Waals surface area contributed by atoms with Crippen LogP contribution < -0.4 is 0 Å². The fraction of sp³-hybridized carbons (Fsp3) is 0.538. The fourth-order valence-electron chi connectivity index (χ4n) is 2.11. The van der Waals surface area contributed by atoms with E-state index in [1.54, 1.807) is 6.07 Å². The predicted molar refractivity (Wildman–Crippen MR) is 71.8 cm³/mol. The minimum absolute atomic E-state index is 0.0657. The summed E-state index contributed by atoms with van der Waals surface area (Å²) in [6, 6.07) is 5.67. The quantitative estimate of drug-likeness (QED) is 0.390. The summed E-state index contributed by atoms with van der Waals surface area (Å²) >= 11 is 0. The first-order valence-corrected chi connectivity index (χ1v) is 6.60. The number of hydrogen-bond donors (Lipinski definition) is 4. The third-order valence-corrected chi connectivity index (χ3v) is 3.38. The molecule has 0 saturated carbocycles. The van der Waals surface area contributed by atoms with E-state index in [1.165, 1.54) is 18.2 Å². The topological polar surface area (TPSA) is 143 Å². The van der Waals surface area contributed by atoms with Crippen molar-refractivity contribution in [1.29, 1.82) is 0 Å². The number of nitro groups is 1. The number of nitro benzene ring substituents is 1. The molecule has 0 amide bonds. The zero-order chi connectivity index (χ0) is 16.3. The molecule has 0 aromatic heterocycles. The Balaban J connectivity index is 2.03. The largest absolute Gasteiger partial charge is 0.394 e. The maximum absolute atomic E-state index is 10.7. The van der Waals surface area contributed by atoms with Gasteiger partial charge in [-0.3, -0.25) is 10.1 Å². The standard InChI is InChI=1S/C13H17NO8/c15-5-9(16)11(17)12(18)10-6-21-13(22-10)7-2-1-3-8(4-7)14(19)20/h1-4,9-13,15-18H,5-6H2/t9-,10+,11-,12-,13?/m0/s1. The maximum atomic E-state index is 10.7. The molecule has 4 N–H and O–H groups in total. The molecule has 0 spiro atoms. The van der Waals surface area contributed by atoms with Crippen LogP contribution in [0.3, 0.4) is 0 Å². The van der Waals surface area contributed by atoms with Crippen molar-refractivity contribution >= 4 is 5.69 Å².